The van der Waals surface area contributed by atoms with Crippen LogP contribution in [-0.2, 0) is 6.54 Å². The van der Waals surface area contributed by atoms with E-state index in [4.69, 9.17) is 4.74 Å². The fraction of sp³-hybridized carbons (Fsp3) is 0.200. The van der Waals surface area contributed by atoms with Crippen molar-refractivity contribution in [2.24, 2.45) is 0 Å². The number of ether oxygens (including phenoxy) is 1. The molecule has 20 heavy (non-hydrogen) atoms. The fourth-order valence-electron chi connectivity index (χ4n) is 1.83. The summed E-state index contributed by atoms with van der Waals surface area (Å²) in [5, 5.41) is 2.85. The van der Waals surface area contributed by atoms with Gasteiger partial charge in [0.25, 0.3) is 0 Å². The van der Waals surface area contributed by atoms with Crippen molar-refractivity contribution >= 4 is 11.8 Å². The highest BCUT2D eigenvalue weighted by atomic mass is 32.2. The first kappa shape index (κ1) is 14.8. The first-order chi connectivity index (χ1) is 9.65. The van der Waals surface area contributed by atoms with Crippen molar-refractivity contribution < 1.29 is 13.5 Å². The summed E-state index contributed by atoms with van der Waals surface area (Å²) in [6, 6.07) is 9.69. The molecule has 1 N–H and O–H groups in total. The number of para-hydroxylation sites is 1. The minimum atomic E-state index is -0.703. The molecule has 0 aromatic heterocycles. The highest BCUT2D eigenvalue weighted by Crippen LogP contribution is 2.34. The molecule has 0 saturated heterocycles. The molecule has 0 aliphatic carbocycles. The summed E-state index contributed by atoms with van der Waals surface area (Å²) < 4.78 is 33.3. The Bertz CT molecular complexity index is 581. The lowest BCUT2D eigenvalue weighted by Crippen LogP contribution is -2.06. The van der Waals surface area contributed by atoms with Crippen molar-refractivity contribution in [1.29, 1.82) is 0 Å². The lowest BCUT2D eigenvalue weighted by molar-refractivity contribution is 0.399. The molecular formula is C15H15F2NOS. The van der Waals surface area contributed by atoms with Gasteiger partial charge in [-0.05, 0) is 43.1 Å². The number of rotatable bonds is 5. The topological polar surface area (TPSA) is 21.3 Å². The third-order valence-corrected chi connectivity index (χ3v) is 3.50. The van der Waals surface area contributed by atoms with Crippen LogP contribution in [0.25, 0.3) is 0 Å². The Balaban J connectivity index is 2.34. The van der Waals surface area contributed by atoms with E-state index in [2.05, 4.69) is 5.32 Å². The zero-order valence-corrected chi connectivity index (χ0v) is 12.1. The molecule has 0 unspecified atom stereocenters. The van der Waals surface area contributed by atoms with E-state index in [1.165, 1.54) is 23.9 Å². The maximum atomic E-state index is 14.0. The van der Waals surface area contributed by atoms with Crippen LogP contribution in [0.4, 0.5) is 8.78 Å². The standard InChI is InChI=1S/C15H15F2NOS/c1-18-9-10-7-11(16)15(12(17)8-10)19-13-5-3-4-6-14(13)20-2/h3-8,18H,9H2,1-2H3. The van der Waals surface area contributed by atoms with Crippen molar-refractivity contribution in [2.75, 3.05) is 13.3 Å². The van der Waals surface area contributed by atoms with Gasteiger partial charge in [-0.3, -0.25) is 0 Å². The quantitative estimate of drug-likeness (QED) is 0.835. The van der Waals surface area contributed by atoms with Gasteiger partial charge in [0.2, 0.25) is 0 Å². The largest absolute Gasteiger partial charge is 0.450 e. The zero-order valence-electron chi connectivity index (χ0n) is 11.2. The fourth-order valence-corrected chi connectivity index (χ4v) is 2.35. The number of thioether (sulfide) groups is 1. The third-order valence-electron chi connectivity index (χ3n) is 2.72. The monoisotopic (exact) mass is 295 g/mol. The SMILES string of the molecule is CNCc1cc(F)c(Oc2ccccc2SC)c(F)c1. The summed E-state index contributed by atoms with van der Waals surface area (Å²) in [6.45, 7) is 0.398. The van der Waals surface area contributed by atoms with Crippen LogP contribution in [0.1, 0.15) is 5.56 Å². The van der Waals surface area contributed by atoms with Crippen LogP contribution in [0.5, 0.6) is 11.5 Å². The van der Waals surface area contributed by atoms with Gasteiger partial charge in [-0.15, -0.1) is 11.8 Å². The maximum absolute atomic E-state index is 14.0. The minimum Gasteiger partial charge on any atom is -0.450 e. The molecule has 0 fully saturated rings. The molecule has 0 radical (unpaired) electrons. The van der Waals surface area contributed by atoms with Gasteiger partial charge < -0.3 is 10.1 Å². The molecule has 0 saturated carbocycles. The third kappa shape index (κ3) is 3.29. The summed E-state index contributed by atoms with van der Waals surface area (Å²) in [5.74, 6) is -1.33. The van der Waals surface area contributed by atoms with Crippen LogP contribution in [-0.4, -0.2) is 13.3 Å². The lowest BCUT2D eigenvalue weighted by atomic mass is 10.2. The normalized spacial score (nSPS) is 10.6. The summed E-state index contributed by atoms with van der Waals surface area (Å²) >= 11 is 1.46. The van der Waals surface area contributed by atoms with Gasteiger partial charge in [0.15, 0.2) is 17.4 Å². The van der Waals surface area contributed by atoms with Crippen molar-refractivity contribution in [1.82, 2.24) is 5.32 Å². The second-order valence-corrected chi connectivity index (χ2v) is 5.02. The molecule has 0 amide bonds. The predicted octanol–water partition coefficient (Wildman–Crippen LogP) is 4.20. The van der Waals surface area contributed by atoms with E-state index < -0.39 is 11.6 Å². The molecule has 2 aromatic rings. The highest BCUT2D eigenvalue weighted by molar-refractivity contribution is 7.98. The average molecular weight is 295 g/mol. The highest BCUT2D eigenvalue weighted by Gasteiger charge is 2.15. The molecule has 0 aliphatic rings. The summed E-state index contributed by atoms with van der Waals surface area (Å²) in [6.07, 6.45) is 1.88. The van der Waals surface area contributed by atoms with Gasteiger partial charge in [-0.25, -0.2) is 8.78 Å². The van der Waals surface area contributed by atoms with Gasteiger partial charge in [0, 0.05) is 11.4 Å². The van der Waals surface area contributed by atoms with E-state index in [0.717, 1.165) is 4.90 Å². The molecule has 0 bridgehead atoms. The number of hydrogen-bond acceptors (Lipinski definition) is 3. The number of nitrogens with one attached hydrogen (secondary N) is 1. The van der Waals surface area contributed by atoms with Crippen LogP contribution < -0.4 is 10.1 Å². The number of benzene rings is 2. The van der Waals surface area contributed by atoms with Crippen LogP contribution in [0.3, 0.4) is 0 Å². The molecule has 106 valence electrons. The minimum absolute atomic E-state index is 0.369. The Labute approximate surface area is 121 Å². The van der Waals surface area contributed by atoms with E-state index in [9.17, 15) is 8.78 Å². The maximum Gasteiger partial charge on any atom is 0.198 e. The summed E-state index contributed by atoms with van der Waals surface area (Å²) in [7, 11) is 1.72. The Kier molecular flexibility index (Phi) is 4.98. The summed E-state index contributed by atoms with van der Waals surface area (Å²) in [4.78, 5) is 0.825. The molecule has 0 spiro atoms. The molecule has 0 atom stereocenters. The molecule has 0 aliphatic heterocycles. The molecular weight excluding hydrogens is 280 g/mol. The van der Waals surface area contributed by atoms with Gasteiger partial charge in [0.05, 0.1) is 0 Å². The van der Waals surface area contributed by atoms with E-state index in [1.54, 1.807) is 19.2 Å². The Morgan fingerprint density at radius 3 is 2.40 bits per heavy atom. The second-order valence-electron chi connectivity index (χ2n) is 4.17. The van der Waals surface area contributed by atoms with Crippen LogP contribution in [0.15, 0.2) is 41.3 Å². The van der Waals surface area contributed by atoms with Gasteiger partial charge >= 0.3 is 0 Å². The summed E-state index contributed by atoms with van der Waals surface area (Å²) in [5.41, 5.74) is 0.535. The Morgan fingerprint density at radius 1 is 1.15 bits per heavy atom. The van der Waals surface area contributed by atoms with Crippen LogP contribution in [0.2, 0.25) is 0 Å². The zero-order chi connectivity index (χ0) is 14.5. The van der Waals surface area contributed by atoms with Crippen molar-refractivity contribution in [3.63, 3.8) is 0 Å². The van der Waals surface area contributed by atoms with E-state index in [-0.39, 0.29) is 5.75 Å². The Hall–Kier alpha value is -1.59. The molecule has 5 heteroatoms. The van der Waals surface area contributed by atoms with Gasteiger partial charge in [-0.1, -0.05) is 12.1 Å². The van der Waals surface area contributed by atoms with Crippen molar-refractivity contribution in [3.05, 3.63) is 53.6 Å². The van der Waals surface area contributed by atoms with Crippen LogP contribution in [0, 0.1) is 11.6 Å². The second kappa shape index (κ2) is 6.72. The van der Waals surface area contributed by atoms with Crippen LogP contribution >= 0.6 is 11.8 Å². The number of hydrogen-bond donors (Lipinski definition) is 1. The molecule has 2 aromatic carbocycles. The van der Waals surface area contributed by atoms with Crippen molar-refractivity contribution in [3.8, 4) is 11.5 Å². The predicted molar refractivity (Wildman–Crippen MR) is 77.4 cm³/mol. The smallest absolute Gasteiger partial charge is 0.198 e. The van der Waals surface area contributed by atoms with Gasteiger partial charge in [0.1, 0.15) is 5.75 Å². The van der Waals surface area contributed by atoms with E-state index in [0.29, 0.717) is 17.9 Å². The molecule has 2 rings (SSSR count). The lowest BCUT2D eigenvalue weighted by Gasteiger charge is -2.12. The first-order valence-electron chi connectivity index (χ1n) is 6.09. The van der Waals surface area contributed by atoms with E-state index in [1.807, 2.05) is 18.4 Å². The first-order valence-corrected chi connectivity index (χ1v) is 7.31. The number of halogens is 2. The Morgan fingerprint density at radius 2 is 1.80 bits per heavy atom. The van der Waals surface area contributed by atoms with Gasteiger partial charge in [-0.2, -0.15) is 0 Å². The average Bonchev–Trinajstić information content (AvgIpc) is 2.43. The molecule has 2 nitrogen and oxygen atoms in total. The van der Waals surface area contributed by atoms with E-state index >= 15 is 0 Å². The van der Waals surface area contributed by atoms with Crippen molar-refractivity contribution in [2.45, 2.75) is 11.4 Å². The molecule has 0 heterocycles.